The van der Waals surface area contributed by atoms with Gasteiger partial charge in [0.05, 0.1) is 5.52 Å². The highest BCUT2D eigenvalue weighted by molar-refractivity contribution is 5.93. The lowest BCUT2D eigenvalue weighted by Gasteiger charge is -2.05. The van der Waals surface area contributed by atoms with Crippen LogP contribution in [0.3, 0.4) is 0 Å². The maximum atomic E-state index is 9.80. The summed E-state index contributed by atoms with van der Waals surface area (Å²) in [6, 6.07) is 13.6. The molecule has 0 bridgehead atoms. The van der Waals surface area contributed by atoms with Gasteiger partial charge in [0.15, 0.2) is 0 Å². The summed E-state index contributed by atoms with van der Waals surface area (Å²) in [6.45, 7) is 1.93. The number of hydrogen-bond donors (Lipinski definition) is 1. The van der Waals surface area contributed by atoms with Crippen LogP contribution in [0.15, 0.2) is 53.1 Å². The van der Waals surface area contributed by atoms with E-state index >= 15 is 0 Å². The van der Waals surface area contributed by atoms with Gasteiger partial charge in [-0.25, -0.2) is 0 Å². The summed E-state index contributed by atoms with van der Waals surface area (Å²) in [7, 11) is 0. The lowest BCUT2D eigenvalue weighted by molar-refractivity contribution is 0.147. The van der Waals surface area contributed by atoms with E-state index in [-0.39, 0.29) is 0 Å². The van der Waals surface area contributed by atoms with Crippen molar-refractivity contribution in [2.75, 3.05) is 0 Å². The first-order chi connectivity index (χ1) is 9.29. The Labute approximate surface area is 111 Å². The summed E-state index contributed by atoms with van der Waals surface area (Å²) >= 11 is 0. The van der Waals surface area contributed by atoms with Crippen LogP contribution in [-0.4, -0.2) is 10.1 Å². The average molecular weight is 253 g/mol. The quantitative estimate of drug-likeness (QED) is 0.769. The van der Waals surface area contributed by atoms with Crippen molar-refractivity contribution in [1.29, 1.82) is 0 Å². The van der Waals surface area contributed by atoms with Crippen molar-refractivity contribution < 1.29 is 9.52 Å². The molecule has 3 aromatic rings. The van der Waals surface area contributed by atoms with Crippen LogP contribution in [0.1, 0.15) is 25.2 Å². The minimum Gasteiger partial charge on any atom is -0.458 e. The zero-order valence-corrected chi connectivity index (χ0v) is 10.7. The van der Waals surface area contributed by atoms with E-state index in [2.05, 4.69) is 4.98 Å². The molecule has 0 aliphatic carbocycles. The van der Waals surface area contributed by atoms with Crippen LogP contribution in [0.2, 0.25) is 0 Å². The molecule has 0 aliphatic rings. The third kappa shape index (κ3) is 2.13. The summed E-state index contributed by atoms with van der Waals surface area (Å²) in [4.78, 5) is 4.33. The van der Waals surface area contributed by atoms with Gasteiger partial charge in [0.25, 0.3) is 0 Å². The van der Waals surface area contributed by atoms with Gasteiger partial charge in [0.2, 0.25) is 0 Å². The van der Waals surface area contributed by atoms with Crippen LogP contribution in [0.25, 0.3) is 22.2 Å². The molecule has 0 saturated heterocycles. The van der Waals surface area contributed by atoms with Gasteiger partial charge in [-0.2, -0.15) is 0 Å². The maximum Gasteiger partial charge on any atom is 0.135 e. The monoisotopic (exact) mass is 253 g/mol. The van der Waals surface area contributed by atoms with Crippen LogP contribution in [0, 0.1) is 0 Å². The van der Waals surface area contributed by atoms with Crippen LogP contribution in [0.4, 0.5) is 0 Å². The summed E-state index contributed by atoms with van der Waals surface area (Å²) in [5.41, 5.74) is 1.94. The number of hydrogen-bond acceptors (Lipinski definition) is 3. The van der Waals surface area contributed by atoms with Gasteiger partial charge in [0.1, 0.15) is 17.6 Å². The summed E-state index contributed by atoms with van der Waals surface area (Å²) < 4.78 is 5.75. The van der Waals surface area contributed by atoms with Crippen molar-refractivity contribution in [3.05, 3.63) is 54.4 Å². The highest BCUT2D eigenvalue weighted by atomic mass is 16.4. The smallest absolute Gasteiger partial charge is 0.135 e. The molecule has 0 fully saturated rings. The number of rotatable bonds is 3. The van der Waals surface area contributed by atoms with Gasteiger partial charge in [0, 0.05) is 17.1 Å². The van der Waals surface area contributed by atoms with Gasteiger partial charge in [-0.05, 0) is 30.7 Å². The third-order valence-corrected chi connectivity index (χ3v) is 3.25. The van der Waals surface area contributed by atoms with E-state index in [4.69, 9.17) is 4.42 Å². The molecule has 96 valence electrons. The molecule has 19 heavy (non-hydrogen) atoms. The summed E-state index contributed by atoms with van der Waals surface area (Å²) in [6.07, 6.45) is 1.88. The second-order valence-electron chi connectivity index (χ2n) is 4.50. The van der Waals surface area contributed by atoms with Gasteiger partial charge in [-0.15, -0.1) is 0 Å². The lowest BCUT2D eigenvalue weighted by Crippen LogP contribution is -1.91. The van der Waals surface area contributed by atoms with Gasteiger partial charge >= 0.3 is 0 Å². The Kier molecular flexibility index (Phi) is 3.05. The highest BCUT2D eigenvalue weighted by Gasteiger charge is 2.12. The molecule has 1 atom stereocenters. The first-order valence-corrected chi connectivity index (χ1v) is 6.41. The van der Waals surface area contributed by atoms with Gasteiger partial charge < -0.3 is 9.52 Å². The molecule has 0 saturated carbocycles. The average Bonchev–Trinajstić information content (AvgIpc) is 2.95. The zero-order valence-electron chi connectivity index (χ0n) is 10.7. The molecule has 2 aromatic heterocycles. The zero-order chi connectivity index (χ0) is 13.2. The van der Waals surface area contributed by atoms with Crippen molar-refractivity contribution in [2.24, 2.45) is 0 Å². The molecule has 1 aromatic carbocycles. The highest BCUT2D eigenvalue weighted by Crippen LogP contribution is 2.31. The van der Waals surface area contributed by atoms with E-state index in [0.29, 0.717) is 12.2 Å². The number of aliphatic hydroxyl groups excluding tert-OH is 1. The Morgan fingerprint density at radius 1 is 1.16 bits per heavy atom. The standard InChI is InChI=1S/C16H15NO2/c1-2-14(18)16-9-8-15(19-16)12-5-3-7-13-11(12)6-4-10-17-13/h3-10,14,18H,2H2,1H3. The molecule has 3 rings (SSSR count). The van der Waals surface area contributed by atoms with E-state index in [1.807, 2.05) is 49.4 Å². The van der Waals surface area contributed by atoms with E-state index in [1.54, 1.807) is 6.20 Å². The third-order valence-electron chi connectivity index (χ3n) is 3.25. The minimum absolute atomic E-state index is 0.540. The van der Waals surface area contributed by atoms with Gasteiger partial charge in [-0.1, -0.05) is 25.1 Å². The Balaban J connectivity index is 2.12. The molecule has 2 heterocycles. The number of benzene rings is 1. The molecule has 0 amide bonds. The molecular weight excluding hydrogens is 238 g/mol. The van der Waals surface area contributed by atoms with Crippen molar-refractivity contribution in [3.8, 4) is 11.3 Å². The predicted octanol–water partition coefficient (Wildman–Crippen LogP) is 3.94. The fourth-order valence-corrected chi connectivity index (χ4v) is 2.20. The molecule has 3 nitrogen and oxygen atoms in total. The van der Waals surface area contributed by atoms with E-state index in [0.717, 1.165) is 22.2 Å². The van der Waals surface area contributed by atoms with Crippen LogP contribution in [0.5, 0.6) is 0 Å². The van der Waals surface area contributed by atoms with E-state index in [9.17, 15) is 5.11 Å². The number of aromatic nitrogens is 1. The minimum atomic E-state index is -0.540. The summed E-state index contributed by atoms with van der Waals surface area (Å²) in [5, 5.41) is 10.8. The van der Waals surface area contributed by atoms with Crippen molar-refractivity contribution in [1.82, 2.24) is 4.98 Å². The van der Waals surface area contributed by atoms with Crippen molar-refractivity contribution in [3.63, 3.8) is 0 Å². The molecule has 3 heteroatoms. The molecule has 1 unspecified atom stereocenters. The number of furan rings is 1. The molecule has 1 N–H and O–H groups in total. The molecular formula is C16H15NO2. The van der Waals surface area contributed by atoms with E-state index < -0.39 is 6.10 Å². The maximum absolute atomic E-state index is 9.80. The Morgan fingerprint density at radius 2 is 2.05 bits per heavy atom. The number of pyridine rings is 1. The number of aliphatic hydroxyl groups is 1. The topological polar surface area (TPSA) is 46.3 Å². The Bertz CT molecular complexity index is 697. The van der Waals surface area contributed by atoms with Crippen LogP contribution in [-0.2, 0) is 0 Å². The lowest BCUT2D eigenvalue weighted by atomic mass is 10.1. The first kappa shape index (κ1) is 11.9. The van der Waals surface area contributed by atoms with Crippen LogP contribution < -0.4 is 0 Å². The largest absolute Gasteiger partial charge is 0.458 e. The second-order valence-corrected chi connectivity index (χ2v) is 4.50. The fourth-order valence-electron chi connectivity index (χ4n) is 2.20. The molecule has 0 aliphatic heterocycles. The Hall–Kier alpha value is -2.13. The SMILES string of the molecule is CCC(O)c1ccc(-c2cccc3ncccc23)o1. The molecule has 0 radical (unpaired) electrons. The summed E-state index contributed by atoms with van der Waals surface area (Å²) in [5.74, 6) is 1.37. The fraction of sp³-hybridized carbons (Fsp3) is 0.188. The number of fused-ring (bicyclic) bond motifs is 1. The number of nitrogens with zero attached hydrogens (tertiary/aromatic N) is 1. The van der Waals surface area contributed by atoms with E-state index in [1.165, 1.54) is 0 Å². The molecule has 0 spiro atoms. The first-order valence-electron chi connectivity index (χ1n) is 6.41. The van der Waals surface area contributed by atoms with Crippen molar-refractivity contribution in [2.45, 2.75) is 19.4 Å². The normalized spacial score (nSPS) is 12.7. The van der Waals surface area contributed by atoms with Gasteiger partial charge in [-0.3, -0.25) is 4.98 Å². The Morgan fingerprint density at radius 3 is 2.89 bits per heavy atom. The van der Waals surface area contributed by atoms with Crippen LogP contribution >= 0.6 is 0 Å². The second kappa shape index (κ2) is 4.86. The van der Waals surface area contributed by atoms with Crippen molar-refractivity contribution >= 4 is 10.9 Å². The predicted molar refractivity (Wildman–Crippen MR) is 74.7 cm³/mol.